The Hall–Kier alpha value is 5.77. The second kappa shape index (κ2) is 53.2. The van der Waals surface area contributed by atoms with Crippen molar-refractivity contribution in [3.63, 3.8) is 0 Å². The van der Waals surface area contributed by atoms with Crippen LogP contribution in [-0.4, -0.2) is 0 Å². The number of hydrogen-bond acceptors (Lipinski definition) is 0. The molecule has 5 radical (unpaired) electrons. The van der Waals surface area contributed by atoms with E-state index in [2.05, 4.69) is 0 Å². The first-order valence-corrected chi connectivity index (χ1v) is 0. The Morgan fingerprint density at radius 2 is 0.250 bits per heavy atom. The van der Waals surface area contributed by atoms with E-state index in [-0.39, 0.29) is 176 Å². The normalized spacial score (nSPS) is 0. The predicted molar refractivity (Wildman–Crippen MR) is 0 cm³/mol. The molecule has 0 saturated carbocycles. The van der Waals surface area contributed by atoms with Gasteiger partial charge in [-0.1, -0.05) is 0 Å². The van der Waals surface area contributed by atoms with Crippen molar-refractivity contribution in [3.8, 4) is 0 Å². The average molecular weight is 788 g/mol. The zero-order chi connectivity index (χ0) is 0. The van der Waals surface area contributed by atoms with Crippen LogP contribution in [-0.2, 0) is 176 Å². The third-order valence-electron chi connectivity index (χ3n) is 0. The van der Waals surface area contributed by atoms with Gasteiger partial charge < -0.3 is 0 Å². The summed E-state index contributed by atoms with van der Waals surface area (Å²) in [5.74, 6) is 0. The van der Waals surface area contributed by atoms with Crippen molar-refractivity contribution < 1.29 is 176 Å². The topological polar surface area (TPSA) is 0 Å². The molecule has 0 bridgehead atoms. The minimum absolute atomic E-state index is 0. The summed E-state index contributed by atoms with van der Waals surface area (Å²) in [6.07, 6.45) is 0. The summed E-state index contributed by atoms with van der Waals surface area (Å²) in [6.45, 7) is 0. The van der Waals surface area contributed by atoms with E-state index in [1.54, 1.807) is 0 Å². The van der Waals surface area contributed by atoms with Crippen LogP contribution in [0, 0.1) is 0 Å². The van der Waals surface area contributed by atoms with Gasteiger partial charge in [0, 0.05) is 176 Å². The fraction of sp³-hybridized carbons (Fsp3) is 0. The van der Waals surface area contributed by atoms with Gasteiger partial charge in [0.1, 0.15) is 0 Å². The van der Waals surface area contributed by atoms with Gasteiger partial charge in [-0.2, -0.15) is 0 Å². The average Bonchev–Trinajstić information content (AvgIpc) is 0. The molecule has 0 N–H and O–H groups in total. The number of hydrogen-bond donors (Lipinski definition) is 0. The van der Waals surface area contributed by atoms with Crippen LogP contribution in [0.15, 0.2) is 0 Å². The van der Waals surface area contributed by atoms with Crippen molar-refractivity contribution in [2.24, 2.45) is 0 Å². The smallest absolute Gasteiger partial charge is 0 e. The first-order valence-electron chi connectivity index (χ1n) is 0. The molecule has 0 heterocycles. The van der Waals surface area contributed by atoms with E-state index in [1.807, 2.05) is 0 Å². The Morgan fingerprint density at radius 3 is 0.250 bits per heavy atom. The summed E-state index contributed by atoms with van der Waals surface area (Å²) >= 11 is 0. The maximum absolute atomic E-state index is 0. The predicted octanol–water partition coefficient (Wildman–Crippen LogP) is -0.0200. The van der Waals surface area contributed by atoms with Gasteiger partial charge in [-0.15, -0.1) is 0 Å². The summed E-state index contributed by atoms with van der Waals surface area (Å²) in [5.41, 5.74) is 0. The second-order valence-corrected chi connectivity index (χ2v) is 0. The van der Waals surface area contributed by atoms with Crippen LogP contribution in [0.5, 0.6) is 0 Å². The van der Waals surface area contributed by atoms with Gasteiger partial charge in [0.15, 0.2) is 0 Å². The molecule has 0 aliphatic heterocycles. The van der Waals surface area contributed by atoms with Gasteiger partial charge >= 0.3 is 0 Å². The maximum Gasteiger partial charge on any atom is 0 e. The van der Waals surface area contributed by atoms with E-state index in [0.29, 0.717) is 0 Å². The molecule has 8 heteroatoms. The third-order valence-corrected chi connectivity index (χ3v) is 0. The second-order valence-electron chi connectivity index (χ2n) is 0. The van der Waals surface area contributed by atoms with Crippen LogP contribution in [0.2, 0.25) is 0 Å². The molecule has 0 aliphatic carbocycles. The van der Waals surface area contributed by atoms with Crippen LogP contribution in [0.4, 0.5) is 0 Å². The maximum atomic E-state index is 0. The monoisotopic (exact) mass is 784 g/mol. The summed E-state index contributed by atoms with van der Waals surface area (Å²) in [4.78, 5) is 0. The largest absolute Gasteiger partial charge is 0 e. The van der Waals surface area contributed by atoms with Crippen LogP contribution in [0.3, 0.4) is 0 Å². The van der Waals surface area contributed by atoms with E-state index in [1.165, 1.54) is 0 Å². The van der Waals surface area contributed by atoms with Crippen molar-refractivity contribution in [2.75, 3.05) is 0 Å². The molecular formula is Rh5Zr3. The van der Waals surface area contributed by atoms with Gasteiger partial charge in [-0.05, 0) is 0 Å². The van der Waals surface area contributed by atoms with E-state index in [4.69, 9.17) is 0 Å². The SMILES string of the molecule is [Rh].[Rh].[Rh].[Rh].[Rh].[Zr].[Zr].[Zr]. The summed E-state index contributed by atoms with van der Waals surface area (Å²) < 4.78 is 0. The van der Waals surface area contributed by atoms with Gasteiger partial charge in [0.05, 0.1) is 0 Å². The minimum Gasteiger partial charge on any atom is 0 e. The van der Waals surface area contributed by atoms with Crippen LogP contribution in [0.25, 0.3) is 0 Å². The van der Waals surface area contributed by atoms with Crippen LogP contribution < -0.4 is 0 Å². The Balaban J connectivity index is 0. The molecule has 0 amide bonds. The van der Waals surface area contributed by atoms with Crippen molar-refractivity contribution in [3.05, 3.63) is 0 Å². The molecule has 8 heavy (non-hydrogen) atoms. The van der Waals surface area contributed by atoms with E-state index >= 15 is 0 Å². The molecule has 0 spiro atoms. The Kier molecular flexibility index (Phi) is 448. The molecule has 0 aromatic heterocycles. The molecule has 0 nitrogen and oxygen atoms in total. The zero-order valence-electron chi connectivity index (χ0n) is 3.17. The van der Waals surface area contributed by atoms with E-state index in [0.717, 1.165) is 0 Å². The van der Waals surface area contributed by atoms with Gasteiger partial charge in [-0.25, -0.2) is 0 Å². The molecular weight excluding hydrogens is 788 g/mol. The first-order chi connectivity index (χ1) is 0. The molecule has 0 aromatic carbocycles. The zero-order valence-corrected chi connectivity index (χ0v) is 18.7. The Bertz CT molecular complexity index is 7.64. The van der Waals surface area contributed by atoms with Gasteiger partial charge in [0.2, 0.25) is 0 Å². The summed E-state index contributed by atoms with van der Waals surface area (Å²) in [7, 11) is 0. The van der Waals surface area contributed by atoms with Crippen LogP contribution >= 0.6 is 0 Å². The Morgan fingerprint density at radius 1 is 0.250 bits per heavy atom. The van der Waals surface area contributed by atoms with Crippen LogP contribution in [0.1, 0.15) is 0 Å². The molecule has 0 rings (SSSR count). The summed E-state index contributed by atoms with van der Waals surface area (Å²) in [5, 5.41) is 0. The first kappa shape index (κ1) is 67.5. The molecule has 0 unspecified atom stereocenters. The van der Waals surface area contributed by atoms with Crippen molar-refractivity contribution >= 4 is 0 Å². The number of rotatable bonds is 0. The molecule has 0 aliphatic rings. The third kappa shape index (κ3) is 41.0. The van der Waals surface area contributed by atoms with Crippen molar-refractivity contribution in [1.82, 2.24) is 0 Å². The van der Waals surface area contributed by atoms with E-state index < -0.39 is 0 Å². The fourth-order valence-corrected chi connectivity index (χ4v) is 0. The Labute approximate surface area is 172 Å². The molecule has 0 saturated heterocycles. The quantitative estimate of drug-likeness (QED) is 0.304. The molecule has 0 fully saturated rings. The van der Waals surface area contributed by atoms with Crippen molar-refractivity contribution in [1.29, 1.82) is 0 Å². The summed E-state index contributed by atoms with van der Waals surface area (Å²) in [6, 6.07) is 0. The van der Waals surface area contributed by atoms with Gasteiger partial charge in [0.25, 0.3) is 0 Å². The fourth-order valence-electron chi connectivity index (χ4n) is 0. The van der Waals surface area contributed by atoms with Gasteiger partial charge in [-0.3, -0.25) is 0 Å². The molecule has 0 atom stereocenters. The van der Waals surface area contributed by atoms with E-state index in [9.17, 15) is 0 Å². The minimum atomic E-state index is 0. The van der Waals surface area contributed by atoms with Crippen molar-refractivity contribution in [2.45, 2.75) is 0 Å². The molecule has 0 aromatic rings. The molecule has 57 valence electrons. The standard InChI is InChI=1S/5Rh.3Zr.